The molecule has 3 rings (SSSR count). The lowest BCUT2D eigenvalue weighted by atomic mass is 10.2. The van der Waals surface area contributed by atoms with E-state index in [1.807, 2.05) is 37.3 Å². The van der Waals surface area contributed by atoms with Crippen molar-refractivity contribution in [3.8, 4) is 11.5 Å². The van der Waals surface area contributed by atoms with E-state index < -0.39 is 0 Å². The number of nitrogens with zero attached hydrogens (tertiary/aromatic N) is 1. The topological polar surface area (TPSA) is 97.1 Å². The smallest absolute Gasteiger partial charge is 0.221 e. The van der Waals surface area contributed by atoms with E-state index in [1.165, 1.54) is 0 Å². The van der Waals surface area contributed by atoms with E-state index in [9.17, 15) is 4.79 Å². The summed E-state index contributed by atoms with van der Waals surface area (Å²) in [7, 11) is 0. The van der Waals surface area contributed by atoms with Crippen LogP contribution in [-0.2, 0) is 11.2 Å². The lowest BCUT2D eigenvalue weighted by Crippen LogP contribution is -2.35. The Kier molecular flexibility index (Phi) is 11.0. The second kappa shape index (κ2) is 13.8. The highest BCUT2D eigenvalue weighted by atomic mass is 127. The highest BCUT2D eigenvalue weighted by Gasteiger charge is 2.12. The van der Waals surface area contributed by atoms with Gasteiger partial charge >= 0.3 is 0 Å². The molecule has 8 nitrogen and oxygen atoms in total. The third kappa shape index (κ3) is 8.68. The zero-order valence-electron chi connectivity index (χ0n) is 17.8. The summed E-state index contributed by atoms with van der Waals surface area (Å²) in [5.74, 6) is 2.96. The average molecular weight is 542 g/mol. The fourth-order valence-corrected chi connectivity index (χ4v) is 2.90. The SMILES string of the molecule is CCCNC(=O)CCNC(=NCCc1ccco1)Nc1ccc2c(c1)OCCCO2.I. The number of hydrogen-bond donors (Lipinski definition) is 3. The minimum atomic E-state index is 0. The first-order valence-electron chi connectivity index (χ1n) is 10.5. The van der Waals surface area contributed by atoms with E-state index in [1.54, 1.807) is 6.26 Å². The molecule has 0 aliphatic carbocycles. The van der Waals surface area contributed by atoms with Crippen LogP contribution in [0, 0.1) is 0 Å². The first-order valence-corrected chi connectivity index (χ1v) is 10.5. The van der Waals surface area contributed by atoms with Crippen LogP contribution in [0.4, 0.5) is 5.69 Å². The highest BCUT2D eigenvalue weighted by molar-refractivity contribution is 14.0. The van der Waals surface area contributed by atoms with Gasteiger partial charge in [0.25, 0.3) is 0 Å². The molecule has 1 aromatic heterocycles. The maximum Gasteiger partial charge on any atom is 0.221 e. The third-order valence-corrected chi connectivity index (χ3v) is 4.44. The molecule has 31 heavy (non-hydrogen) atoms. The fraction of sp³-hybridized carbons (Fsp3) is 0.455. The number of nitrogens with one attached hydrogen (secondary N) is 3. The number of hydrogen-bond acceptors (Lipinski definition) is 5. The first kappa shape index (κ1) is 24.8. The van der Waals surface area contributed by atoms with E-state index >= 15 is 0 Å². The number of amides is 1. The van der Waals surface area contributed by atoms with Crippen LogP contribution in [-0.4, -0.2) is 44.7 Å². The number of aliphatic imine (C=N–C) groups is 1. The number of ether oxygens (including phenoxy) is 2. The second-order valence-corrected chi connectivity index (χ2v) is 6.92. The molecule has 1 aliphatic rings. The summed E-state index contributed by atoms with van der Waals surface area (Å²) in [5, 5.41) is 9.39. The van der Waals surface area contributed by atoms with E-state index in [0.717, 1.165) is 30.0 Å². The molecule has 0 spiro atoms. The number of carbonyl (C=O) groups excluding carboxylic acids is 1. The van der Waals surface area contributed by atoms with Crippen LogP contribution in [0.25, 0.3) is 0 Å². The maximum absolute atomic E-state index is 11.9. The molecule has 2 heterocycles. The van der Waals surface area contributed by atoms with Crippen LogP contribution >= 0.6 is 24.0 Å². The Balaban J connectivity index is 0.00000341. The summed E-state index contributed by atoms with van der Waals surface area (Å²) >= 11 is 0. The number of benzene rings is 1. The normalized spacial score (nSPS) is 13.0. The van der Waals surface area contributed by atoms with Crippen LogP contribution in [0.15, 0.2) is 46.0 Å². The lowest BCUT2D eigenvalue weighted by molar-refractivity contribution is -0.120. The molecule has 0 saturated carbocycles. The maximum atomic E-state index is 11.9. The molecule has 9 heteroatoms. The summed E-state index contributed by atoms with van der Waals surface area (Å²) < 4.78 is 16.8. The van der Waals surface area contributed by atoms with Gasteiger partial charge in [0.2, 0.25) is 5.91 Å². The predicted molar refractivity (Wildman–Crippen MR) is 132 cm³/mol. The zero-order valence-corrected chi connectivity index (χ0v) is 20.1. The van der Waals surface area contributed by atoms with Crippen molar-refractivity contribution < 1.29 is 18.7 Å². The molecule has 1 aromatic carbocycles. The van der Waals surface area contributed by atoms with Crippen LogP contribution in [0.2, 0.25) is 0 Å². The van der Waals surface area contributed by atoms with Crippen LogP contribution < -0.4 is 25.4 Å². The van der Waals surface area contributed by atoms with Crippen molar-refractivity contribution in [1.29, 1.82) is 0 Å². The highest BCUT2D eigenvalue weighted by Crippen LogP contribution is 2.32. The van der Waals surface area contributed by atoms with E-state index in [0.29, 0.717) is 57.4 Å². The molecule has 0 radical (unpaired) electrons. The van der Waals surface area contributed by atoms with E-state index in [-0.39, 0.29) is 29.9 Å². The molecule has 1 amide bonds. The minimum absolute atomic E-state index is 0. The van der Waals surface area contributed by atoms with Crippen LogP contribution in [0.1, 0.15) is 31.9 Å². The van der Waals surface area contributed by atoms with Gasteiger partial charge in [0.1, 0.15) is 5.76 Å². The Labute approximate surface area is 200 Å². The third-order valence-electron chi connectivity index (χ3n) is 4.44. The van der Waals surface area contributed by atoms with Crippen LogP contribution in [0.5, 0.6) is 11.5 Å². The molecular weight excluding hydrogens is 511 g/mol. The molecule has 0 saturated heterocycles. The van der Waals surface area contributed by atoms with Gasteiger partial charge in [0, 0.05) is 50.7 Å². The van der Waals surface area contributed by atoms with Gasteiger partial charge < -0.3 is 29.8 Å². The molecule has 0 bridgehead atoms. The average Bonchev–Trinajstić information content (AvgIpc) is 3.15. The van der Waals surface area contributed by atoms with Crippen molar-refractivity contribution in [2.75, 3.05) is 38.2 Å². The molecule has 0 atom stereocenters. The number of carbonyl (C=O) groups is 1. The Morgan fingerprint density at radius 1 is 1.10 bits per heavy atom. The monoisotopic (exact) mass is 542 g/mol. The van der Waals surface area contributed by atoms with Gasteiger partial charge in [-0.2, -0.15) is 0 Å². The van der Waals surface area contributed by atoms with E-state index in [4.69, 9.17) is 13.9 Å². The van der Waals surface area contributed by atoms with Gasteiger partial charge in [-0.25, -0.2) is 0 Å². The van der Waals surface area contributed by atoms with Gasteiger partial charge in [0.15, 0.2) is 17.5 Å². The summed E-state index contributed by atoms with van der Waals surface area (Å²) in [6, 6.07) is 9.51. The zero-order chi connectivity index (χ0) is 21.0. The summed E-state index contributed by atoms with van der Waals surface area (Å²) in [5.41, 5.74) is 0.832. The van der Waals surface area contributed by atoms with Gasteiger partial charge in [-0.3, -0.25) is 9.79 Å². The number of rotatable bonds is 9. The summed E-state index contributed by atoms with van der Waals surface area (Å²) in [4.78, 5) is 16.5. The number of fused-ring (bicyclic) bond motifs is 1. The van der Waals surface area contributed by atoms with Crippen molar-refractivity contribution in [2.45, 2.75) is 32.6 Å². The number of halogens is 1. The van der Waals surface area contributed by atoms with Crippen molar-refractivity contribution >= 4 is 41.5 Å². The largest absolute Gasteiger partial charge is 0.490 e. The van der Waals surface area contributed by atoms with Gasteiger partial charge in [0.05, 0.1) is 19.5 Å². The van der Waals surface area contributed by atoms with Gasteiger partial charge in [-0.15, -0.1) is 24.0 Å². The predicted octanol–water partition coefficient (Wildman–Crippen LogP) is 3.58. The minimum Gasteiger partial charge on any atom is -0.490 e. The van der Waals surface area contributed by atoms with Crippen molar-refractivity contribution in [3.05, 3.63) is 42.4 Å². The summed E-state index contributed by atoms with van der Waals surface area (Å²) in [6.07, 6.45) is 4.50. The molecular formula is C22H31IN4O4. The fourth-order valence-electron chi connectivity index (χ4n) is 2.90. The number of guanidine groups is 1. The Bertz CT molecular complexity index is 827. The molecule has 0 unspecified atom stereocenters. The lowest BCUT2D eigenvalue weighted by Gasteiger charge is -2.14. The van der Waals surface area contributed by atoms with E-state index in [2.05, 4.69) is 20.9 Å². The quantitative estimate of drug-likeness (QED) is 0.255. The first-order chi connectivity index (χ1) is 14.7. The Hall–Kier alpha value is -2.43. The van der Waals surface area contributed by atoms with Gasteiger partial charge in [-0.1, -0.05) is 6.92 Å². The number of anilines is 1. The molecule has 2 aromatic rings. The summed E-state index contributed by atoms with van der Waals surface area (Å²) in [6.45, 7) is 5.04. The Morgan fingerprint density at radius 3 is 2.71 bits per heavy atom. The van der Waals surface area contributed by atoms with Crippen molar-refractivity contribution in [2.24, 2.45) is 4.99 Å². The second-order valence-electron chi connectivity index (χ2n) is 6.92. The molecule has 3 N–H and O–H groups in total. The molecule has 1 aliphatic heterocycles. The standard InChI is InChI=1S/C22H30N4O4.HI/c1-2-10-23-21(27)9-12-25-22(24-11-8-18-5-3-13-28-18)26-17-6-7-19-20(16-17)30-15-4-14-29-19;/h3,5-7,13,16H,2,4,8-12,14-15H2,1H3,(H,23,27)(H2,24,25,26);1H. The number of furan rings is 1. The van der Waals surface area contributed by atoms with Gasteiger partial charge in [-0.05, 0) is 30.7 Å². The Morgan fingerprint density at radius 2 is 1.94 bits per heavy atom. The molecule has 0 fully saturated rings. The van der Waals surface area contributed by atoms with Crippen LogP contribution in [0.3, 0.4) is 0 Å². The van der Waals surface area contributed by atoms with Crippen molar-refractivity contribution in [3.63, 3.8) is 0 Å². The van der Waals surface area contributed by atoms with Crippen molar-refractivity contribution in [1.82, 2.24) is 10.6 Å². The molecule has 170 valence electrons.